The lowest BCUT2D eigenvalue weighted by atomic mass is 10.1. The Morgan fingerprint density at radius 1 is 1.03 bits per heavy atom. The van der Waals surface area contributed by atoms with Crippen LogP contribution in [0.5, 0.6) is 11.5 Å². The van der Waals surface area contributed by atoms with Crippen LogP contribution < -0.4 is 20.1 Å². The number of carbonyl (C=O) groups is 2. The van der Waals surface area contributed by atoms with Gasteiger partial charge in [0, 0.05) is 12.6 Å². The first-order valence-electron chi connectivity index (χ1n) is 10.4. The maximum absolute atomic E-state index is 12.8. The van der Waals surface area contributed by atoms with Crippen LogP contribution in [0.4, 0.5) is 0 Å². The van der Waals surface area contributed by atoms with Gasteiger partial charge in [0.15, 0.2) is 11.5 Å². The molecule has 164 valence electrons. The van der Waals surface area contributed by atoms with Gasteiger partial charge in [-0.1, -0.05) is 12.1 Å². The number of benzene rings is 2. The average molecular weight is 441 g/mol. The monoisotopic (exact) mass is 441 g/mol. The molecule has 2 N–H and O–H groups in total. The highest BCUT2D eigenvalue weighted by Gasteiger charge is 2.25. The number of nitriles is 1. The predicted molar refractivity (Wildman–Crippen MR) is 115 cm³/mol. The Balaban J connectivity index is 1.23. The molecule has 2 heterocycles. The third-order valence-electron chi connectivity index (χ3n) is 5.68. The molecular weight excluding hydrogens is 422 g/mol. The number of ether oxygens (including phenoxy) is 2. The van der Waals surface area contributed by atoms with Crippen molar-refractivity contribution in [3.8, 4) is 17.6 Å². The van der Waals surface area contributed by atoms with Crippen LogP contribution in [0.25, 0.3) is 0 Å². The van der Waals surface area contributed by atoms with Gasteiger partial charge in [0.05, 0.1) is 17.7 Å². The van der Waals surface area contributed by atoms with Crippen molar-refractivity contribution in [2.45, 2.75) is 25.4 Å². The number of amides is 2. The Hall–Kier alpha value is -4.45. The zero-order valence-electron chi connectivity index (χ0n) is 17.5. The van der Waals surface area contributed by atoms with Crippen LogP contribution in [0, 0.1) is 11.3 Å². The third kappa shape index (κ3) is 4.19. The van der Waals surface area contributed by atoms with E-state index in [0.29, 0.717) is 17.1 Å². The fourth-order valence-electron chi connectivity index (χ4n) is 4.00. The molecule has 0 fully saturated rings. The molecule has 0 saturated carbocycles. The van der Waals surface area contributed by atoms with Crippen LogP contribution in [0.3, 0.4) is 0 Å². The van der Waals surface area contributed by atoms with Crippen LogP contribution in [-0.4, -0.2) is 28.6 Å². The largest absolute Gasteiger partial charge is 0.454 e. The fourth-order valence-corrected chi connectivity index (χ4v) is 4.00. The lowest BCUT2D eigenvalue weighted by Crippen LogP contribution is -2.29. The van der Waals surface area contributed by atoms with Gasteiger partial charge < -0.3 is 20.1 Å². The highest BCUT2D eigenvalue weighted by molar-refractivity contribution is 5.97. The van der Waals surface area contributed by atoms with Crippen molar-refractivity contribution in [2.24, 2.45) is 0 Å². The zero-order valence-corrected chi connectivity index (χ0v) is 17.5. The Morgan fingerprint density at radius 2 is 1.85 bits per heavy atom. The molecule has 2 aromatic carbocycles. The maximum Gasteiger partial charge on any atom is 0.270 e. The van der Waals surface area contributed by atoms with E-state index in [9.17, 15) is 9.59 Å². The summed E-state index contributed by atoms with van der Waals surface area (Å²) in [7, 11) is 0. The first kappa shape index (κ1) is 20.5. The van der Waals surface area contributed by atoms with Crippen LogP contribution in [-0.2, 0) is 13.0 Å². The minimum absolute atomic E-state index is 0.0985. The van der Waals surface area contributed by atoms with E-state index in [-0.39, 0.29) is 36.7 Å². The van der Waals surface area contributed by atoms with Crippen molar-refractivity contribution >= 4 is 11.8 Å². The first-order chi connectivity index (χ1) is 16.1. The lowest BCUT2D eigenvalue weighted by Gasteiger charge is -2.14. The molecule has 1 aliphatic heterocycles. The summed E-state index contributed by atoms with van der Waals surface area (Å²) in [4.78, 5) is 33.4. The topological polar surface area (TPSA) is 126 Å². The zero-order chi connectivity index (χ0) is 22.8. The Morgan fingerprint density at radius 3 is 2.70 bits per heavy atom. The van der Waals surface area contributed by atoms with Crippen LogP contribution >= 0.6 is 0 Å². The average Bonchev–Trinajstić information content (AvgIpc) is 3.48. The molecular formula is C24H19N5O4. The SMILES string of the molecule is N#Cc1ccc2c(c1)CC[C@H]2NC(=O)c1cc(C(=O)NCc2ccc3c(c2)OCO3)ncn1. The molecule has 1 atom stereocenters. The molecule has 3 aromatic rings. The second kappa shape index (κ2) is 8.59. The molecule has 0 spiro atoms. The van der Waals surface area contributed by atoms with Crippen LogP contribution in [0.15, 0.2) is 48.8 Å². The van der Waals surface area contributed by atoms with Gasteiger partial charge in [-0.15, -0.1) is 0 Å². The standard InChI is InChI=1S/C24H19N5O4/c25-10-14-1-4-17-16(7-14)3-5-18(17)29-24(31)20-9-19(27-12-28-20)23(30)26-11-15-2-6-21-22(8-15)33-13-32-21/h1-2,4,6-9,12,18H,3,5,11,13H2,(H,26,30)(H,29,31)/t18-/m1/s1. The highest BCUT2D eigenvalue weighted by Crippen LogP contribution is 2.33. The third-order valence-corrected chi connectivity index (χ3v) is 5.68. The summed E-state index contributed by atoms with van der Waals surface area (Å²) in [6.45, 7) is 0.453. The molecule has 2 amide bonds. The predicted octanol–water partition coefficient (Wildman–Crippen LogP) is 2.42. The van der Waals surface area contributed by atoms with Crippen molar-refractivity contribution in [2.75, 3.05) is 6.79 Å². The number of carbonyl (C=O) groups excluding carboxylic acids is 2. The summed E-state index contributed by atoms with van der Waals surface area (Å²) < 4.78 is 10.6. The van der Waals surface area contributed by atoms with Gasteiger partial charge >= 0.3 is 0 Å². The maximum atomic E-state index is 12.8. The van der Waals surface area contributed by atoms with Crippen molar-refractivity contribution in [3.63, 3.8) is 0 Å². The number of nitrogens with zero attached hydrogens (tertiary/aromatic N) is 3. The fraction of sp³-hybridized carbons (Fsp3) is 0.208. The van der Waals surface area contributed by atoms with E-state index < -0.39 is 5.91 Å². The number of rotatable bonds is 5. The molecule has 0 unspecified atom stereocenters. The van der Waals surface area contributed by atoms with Gasteiger partial charge in [0.25, 0.3) is 11.8 Å². The quantitative estimate of drug-likeness (QED) is 0.623. The molecule has 5 rings (SSSR count). The number of aromatic nitrogens is 2. The molecule has 1 aliphatic carbocycles. The molecule has 2 aliphatic rings. The summed E-state index contributed by atoms with van der Waals surface area (Å²) in [5.74, 6) is 0.510. The van der Waals surface area contributed by atoms with E-state index in [1.54, 1.807) is 18.2 Å². The summed E-state index contributed by atoms with van der Waals surface area (Å²) >= 11 is 0. The second-order valence-electron chi connectivity index (χ2n) is 7.75. The normalized spacial score (nSPS) is 15.4. The minimum atomic E-state index is -0.417. The van der Waals surface area contributed by atoms with E-state index in [1.165, 1.54) is 12.4 Å². The van der Waals surface area contributed by atoms with E-state index in [4.69, 9.17) is 14.7 Å². The van der Waals surface area contributed by atoms with Crippen molar-refractivity contribution in [1.29, 1.82) is 5.26 Å². The van der Waals surface area contributed by atoms with Crippen LogP contribution in [0.2, 0.25) is 0 Å². The molecule has 0 bridgehead atoms. The van der Waals surface area contributed by atoms with Gasteiger partial charge in [-0.05, 0) is 53.8 Å². The van der Waals surface area contributed by atoms with E-state index >= 15 is 0 Å². The molecule has 9 heteroatoms. The number of nitrogens with one attached hydrogen (secondary N) is 2. The van der Waals surface area contributed by atoms with Gasteiger partial charge in [-0.25, -0.2) is 9.97 Å². The number of hydrogen-bond acceptors (Lipinski definition) is 7. The van der Waals surface area contributed by atoms with Gasteiger partial charge in [0.2, 0.25) is 6.79 Å². The Labute approximate surface area is 189 Å². The van der Waals surface area contributed by atoms with Gasteiger partial charge in [-0.2, -0.15) is 5.26 Å². The smallest absolute Gasteiger partial charge is 0.270 e. The van der Waals surface area contributed by atoms with Gasteiger partial charge in [0.1, 0.15) is 17.7 Å². The molecule has 33 heavy (non-hydrogen) atoms. The Bertz CT molecular complexity index is 1300. The van der Waals surface area contributed by atoms with Crippen molar-refractivity contribution in [3.05, 3.63) is 82.4 Å². The lowest BCUT2D eigenvalue weighted by molar-refractivity contribution is 0.0931. The molecule has 0 saturated heterocycles. The Kier molecular flexibility index (Phi) is 5.32. The number of fused-ring (bicyclic) bond motifs is 2. The minimum Gasteiger partial charge on any atom is -0.454 e. The van der Waals surface area contributed by atoms with E-state index in [2.05, 4.69) is 26.7 Å². The summed E-state index contributed by atoms with van der Waals surface area (Å²) in [6, 6.07) is 14.3. The number of aryl methyl sites for hydroxylation is 1. The van der Waals surface area contributed by atoms with Gasteiger partial charge in [-0.3, -0.25) is 9.59 Å². The molecule has 1 aromatic heterocycles. The van der Waals surface area contributed by atoms with Crippen LogP contribution in [0.1, 0.15) is 55.7 Å². The van der Waals surface area contributed by atoms with E-state index in [1.807, 2.05) is 18.2 Å². The van der Waals surface area contributed by atoms with Crippen molar-refractivity contribution in [1.82, 2.24) is 20.6 Å². The first-order valence-corrected chi connectivity index (χ1v) is 10.4. The summed E-state index contributed by atoms with van der Waals surface area (Å²) in [5.41, 5.74) is 3.72. The second-order valence-corrected chi connectivity index (χ2v) is 7.75. The highest BCUT2D eigenvalue weighted by atomic mass is 16.7. The van der Waals surface area contributed by atoms with E-state index in [0.717, 1.165) is 29.5 Å². The summed E-state index contributed by atoms with van der Waals surface area (Å²) in [6.07, 6.45) is 2.73. The molecule has 9 nitrogen and oxygen atoms in total. The number of hydrogen-bond donors (Lipinski definition) is 2. The molecule has 0 radical (unpaired) electrons. The van der Waals surface area contributed by atoms with Crippen molar-refractivity contribution < 1.29 is 19.1 Å². The summed E-state index contributed by atoms with van der Waals surface area (Å²) in [5, 5.41) is 14.8.